The molecule has 226 valence electrons. The Kier molecular flexibility index (Phi) is 11.9. The van der Waals surface area contributed by atoms with Crippen molar-refractivity contribution >= 4 is 27.5 Å². The predicted octanol–water partition coefficient (Wildman–Crippen LogP) is 4.94. The molecule has 0 aliphatic rings. The maximum atomic E-state index is 14.8. The second-order valence-corrected chi connectivity index (χ2v) is 12.2. The lowest BCUT2D eigenvalue weighted by Gasteiger charge is -2.33. The molecule has 0 aliphatic carbocycles. The van der Waals surface area contributed by atoms with Crippen molar-refractivity contribution in [3.8, 4) is 5.75 Å². The molecule has 2 atom stereocenters. The van der Waals surface area contributed by atoms with Gasteiger partial charge >= 0.3 is 0 Å². The van der Waals surface area contributed by atoms with Gasteiger partial charge in [0.15, 0.2) is 0 Å². The minimum absolute atomic E-state index is 0.0354. The third kappa shape index (κ3) is 9.30. The van der Waals surface area contributed by atoms with Gasteiger partial charge in [-0.3, -0.25) is 13.9 Å². The lowest BCUT2D eigenvalue weighted by atomic mass is 10.0. The first-order valence-corrected chi connectivity index (χ1v) is 15.9. The van der Waals surface area contributed by atoms with Crippen LogP contribution in [0.5, 0.6) is 5.75 Å². The number of hydrogen-bond acceptors (Lipinski definition) is 5. The van der Waals surface area contributed by atoms with Crippen LogP contribution in [0.1, 0.15) is 44.2 Å². The molecule has 0 heterocycles. The maximum absolute atomic E-state index is 14.8. The molecule has 0 saturated carbocycles. The van der Waals surface area contributed by atoms with E-state index in [1.165, 1.54) is 22.4 Å². The first-order valence-electron chi connectivity index (χ1n) is 14.0. The third-order valence-corrected chi connectivity index (χ3v) is 8.26. The van der Waals surface area contributed by atoms with Crippen LogP contribution in [0.3, 0.4) is 0 Å². The summed E-state index contributed by atoms with van der Waals surface area (Å²) in [5, 5.41) is 2.99. The third-order valence-electron chi connectivity index (χ3n) is 7.06. The Hall–Kier alpha value is -3.92. The van der Waals surface area contributed by atoms with Crippen molar-refractivity contribution in [2.45, 2.75) is 58.2 Å². The molecule has 10 heteroatoms. The van der Waals surface area contributed by atoms with Crippen LogP contribution in [0.15, 0.2) is 78.9 Å². The monoisotopic (exact) mass is 597 g/mol. The summed E-state index contributed by atoms with van der Waals surface area (Å²) in [6.07, 6.45) is 2.18. The molecule has 0 aliphatic heterocycles. The van der Waals surface area contributed by atoms with E-state index >= 15 is 0 Å². The topological polar surface area (TPSA) is 96.0 Å². The first kappa shape index (κ1) is 32.6. The number of rotatable bonds is 15. The molecule has 0 aromatic heterocycles. The van der Waals surface area contributed by atoms with Crippen LogP contribution in [0.2, 0.25) is 0 Å². The number of sulfonamides is 1. The zero-order valence-electron chi connectivity index (χ0n) is 24.6. The lowest BCUT2D eigenvalue weighted by molar-refractivity contribution is -0.141. The summed E-state index contributed by atoms with van der Waals surface area (Å²) >= 11 is 0. The second-order valence-electron chi connectivity index (χ2n) is 10.3. The number of benzene rings is 3. The summed E-state index contributed by atoms with van der Waals surface area (Å²) in [5.74, 6) is -0.675. The van der Waals surface area contributed by atoms with Gasteiger partial charge in [-0.2, -0.15) is 0 Å². The van der Waals surface area contributed by atoms with Gasteiger partial charge in [0.25, 0.3) is 0 Å². The predicted molar refractivity (Wildman–Crippen MR) is 163 cm³/mol. The largest absolute Gasteiger partial charge is 0.497 e. The second kappa shape index (κ2) is 15.3. The number of carbonyl (C=O) groups is 2. The molecule has 1 N–H and O–H groups in total. The van der Waals surface area contributed by atoms with Gasteiger partial charge < -0.3 is 15.0 Å². The highest BCUT2D eigenvalue weighted by Crippen LogP contribution is 2.24. The lowest BCUT2D eigenvalue weighted by Crippen LogP contribution is -2.52. The summed E-state index contributed by atoms with van der Waals surface area (Å²) in [4.78, 5) is 28.9. The first-order chi connectivity index (χ1) is 20.0. The zero-order valence-corrected chi connectivity index (χ0v) is 25.4. The Balaban J connectivity index is 1.90. The number of nitrogens with one attached hydrogen (secondary N) is 1. The Bertz CT molecular complexity index is 1430. The van der Waals surface area contributed by atoms with Crippen molar-refractivity contribution in [2.24, 2.45) is 0 Å². The van der Waals surface area contributed by atoms with E-state index in [2.05, 4.69) is 5.32 Å². The van der Waals surface area contributed by atoms with Crippen molar-refractivity contribution in [1.29, 1.82) is 0 Å². The van der Waals surface area contributed by atoms with E-state index in [-0.39, 0.29) is 55.8 Å². The van der Waals surface area contributed by atoms with Gasteiger partial charge in [0, 0.05) is 43.6 Å². The van der Waals surface area contributed by atoms with Gasteiger partial charge in [-0.05, 0) is 43.5 Å². The fourth-order valence-corrected chi connectivity index (χ4v) is 5.53. The summed E-state index contributed by atoms with van der Waals surface area (Å²) in [6.45, 7) is 3.77. The molecular weight excluding hydrogens is 557 g/mol. The van der Waals surface area contributed by atoms with E-state index in [1.807, 2.05) is 44.2 Å². The molecule has 3 aromatic carbocycles. The van der Waals surface area contributed by atoms with Crippen molar-refractivity contribution in [1.82, 2.24) is 10.2 Å². The number of hydrogen-bond donors (Lipinski definition) is 1. The number of nitrogens with zero attached hydrogens (tertiary/aromatic N) is 2. The number of halogens is 1. The number of carbonyl (C=O) groups excluding carboxylic acids is 2. The number of anilines is 1. The molecule has 0 spiro atoms. The molecule has 0 unspecified atom stereocenters. The number of amides is 2. The average molecular weight is 598 g/mol. The molecule has 8 nitrogen and oxygen atoms in total. The molecule has 3 aromatic rings. The van der Waals surface area contributed by atoms with Crippen molar-refractivity contribution < 1.29 is 27.1 Å². The van der Waals surface area contributed by atoms with Gasteiger partial charge in [-0.15, -0.1) is 0 Å². The molecule has 2 amide bonds. The van der Waals surface area contributed by atoms with Crippen LogP contribution in [0.25, 0.3) is 0 Å². The van der Waals surface area contributed by atoms with Gasteiger partial charge in [0.2, 0.25) is 21.8 Å². The van der Waals surface area contributed by atoms with Crippen LogP contribution in [-0.4, -0.2) is 57.1 Å². The summed E-state index contributed by atoms with van der Waals surface area (Å²) in [5.41, 5.74) is 1.56. The van der Waals surface area contributed by atoms with Crippen LogP contribution < -0.4 is 14.4 Å². The smallest absolute Gasteiger partial charge is 0.243 e. The molecular formula is C32H40FN3O5S. The summed E-state index contributed by atoms with van der Waals surface area (Å²) in [6, 6.07) is 21.2. The van der Waals surface area contributed by atoms with E-state index in [4.69, 9.17) is 4.74 Å². The van der Waals surface area contributed by atoms with Gasteiger partial charge in [-0.25, -0.2) is 12.8 Å². The molecule has 0 radical (unpaired) electrons. The summed E-state index contributed by atoms with van der Waals surface area (Å²) in [7, 11) is -2.17. The highest BCUT2D eigenvalue weighted by molar-refractivity contribution is 7.92. The normalized spacial score (nSPS) is 12.7. The van der Waals surface area contributed by atoms with E-state index in [0.29, 0.717) is 17.9 Å². The van der Waals surface area contributed by atoms with E-state index in [1.54, 1.807) is 42.5 Å². The minimum Gasteiger partial charge on any atom is -0.497 e. The van der Waals surface area contributed by atoms with Crippen LogP contribution in [0.4, 0.5) is 10.1 Å². The van der Waals surface area contributed by atoms with Gasteiger partial charge in [0.05, 0.1) is 19.1 Å². The minimum atomic E-state index is -3.66. The SMILES string of the molecule is CC[C@@H](C)NC(=O)[C@H](Cc1ccccc1)N(Cc1ccccc1F)C(=O)CCCN(c1cccc(OC)c1)S(C)(=O)=O. The Morgan fingerprint density at radius 2 is 1.69 bits per heavy atom. The molecule has 0 fully saturated rings. The maximum Gasteiger partial charge on any atom is 0.243 e. The van der Waals surface area contributed by atoms with Crippen molar-refractivity contribution in [3.63, 3.8) is 0 Å². The highest BCUT2D eigenvalue weighted by Gasteiger charge is 2.31. The van der Waals surface area contributed by atoms with Crippen LogP contribution >= 0.6 is 0 Å². The standard InChI is InChI=1S/C32H40FN3O5S/c1-5-24(2)34-32(38)30(21-25-13-7-6-8-14-25)35(23-26-15-9-10-18-29(26)33)31(37)19-12-20-36(42(4,39)40)27-16-11-17-28(22-27)41-3/h6-11,13-18,22,24,30H,5,12,19-21,23H2,1-4H3,(H,34,38)/t24-,30+/m1/s1. The van der Waals surface area contributed by atoms with E-state index in [0.717, 1.165) is 11.8 Å². The fraction of sp³-hybridized carbons (Fsp3) is 0.375. The average Bonchev–Trinajstić information content (AvgIpc) is 2.97. The fourth-order valence-electron chi connectivity index (χ4n) is 4.57. The number of ether oxygens (including phenoxy) is 1. The Morgan fingerprint density at radius 1 is 1.00 bits per heavy atom. The van der Waals surface area contributed by atoms with Crippen molar-refractivity contribution in [3.05, 3.63) is 95.8 Å². The van der Waals surface area contributed by atoms with E-state index < -0.39 is 21.9 Å². The summed E-state index contributed by atoms with van der Waals surface area (Å²) < 4.78 is 46.5. The Labute approximate surface area is 248 Å². The highest BCUT2D eigenvalue weighted by atomic mass is 32.2. The quantitative estimate of drug-likeness (QED) is 0.268. The zero-order chi connectivity index (χ0) is 30.7. The van der Waals surface area contributed by atoms with Gasteiger partial charge in [-0.1, -0.05) is 61.5 Å². The molecule has 0 saturated heterocycles. The molecule has 42 heavy (non-hydrogen) atoms. The van der Waals surface area contributed by atoms with Crippen LogP contribution in [-0.2, 0) is 32.6 Å². The molecule has 0 bridgehead atoms. The Morgan fingerprint density at radius 3 is 2.33 bits per heavy atom. The number of methoxy groups -OCH3 is 1. The van der Waals surface area contributed by atoms with E-state index in [9.17, 15) is 22.4 Å². The van der Waals surface area contributed by atoms with Gasteiger partial charge in [0.1, 0.15) is 17.6 Å². The van der Waals surface area contributed by atoms with Crippen LogP contribution in [0, 0.1) is 5.82 Å². The van der Waals surface area contributed by atoms with Crippen molar-refractivity contribution in [2.75, 3.05) is 24.2 Å². The molecule has 3 rings (SSSR count).